The lowest BCUT2D eigenvalue weighted by molar-refractivity contribution is -0.143. The number of hydrogen-bond donors (Lipinski definition) is 1. The Kier molecular flexibility index (Phi) is 6.16. The topological polar surface area (TPSA) is 75.4 Å². The molecule has 1 fully saturated rings. The van der Waals surface area contributed by atoms with Gasteiger partial charge in [0.2, 0.25) is 11.8 Å². The lowest BCUT2D eigenvalue weighted by atomic mass is 9.89. The zero-order chi connectivity index (χ0) is 21.7. The first kappa shape index (κ1) is 20.8. The van der Waals surface area contributed by atoms with Crippen LogP contribution < -0.4 is 5.32 Å². The zero-order valence-corrected chi connectivity index (χ0v) is 17.7. The summed E-state index contributed by atoms with van der Waals surface area (Å²) in [5.74, 6) is 0.373. The van der Waals surface area contributed by atoms with E-state index in [9.17, 15) is 9.59 Å². The van der Waals surface area contributed by atoms with Gasteiger partial charge in [0, 0.05) is 38.1 Å². The molecule has 6 heteroatoms. The number of aromatic nitrogens is 1. The van der Waals surface area contributed by atoms with Crippen molar-refractivity contribution in [2.45, 2.75) is 38.1 Å². The quantitative estimate of drug-likeness (QED) is 0.637. The highest BCUT2D eigenvalue weighted by Gasteiger charge is 2.49. The third-order valence-electron chi connectivity index (χ3n) is 5.93. The monoisotopic (exact) mass is 417 g/mol. The van der Waals surface area contributed by atoms with Crippen molar-refractivity contribution in [3.8, 4) is 11.3 Å². The van der Waals surface area contributed by atoms with E-state index in [1.165, 1.54) is 6.92 Å². The van der Waals surface area contributed by atoms with Crippen molar-refractivity contribution in [2.24, 2.45) is 0 Å². The van der Waals surface area contributed by atoms with E-state index in [4.69, 9.17) is 4.52 Å². The largest absolute Gasteiger partial charge is 0.361 e. The van der Waals surface area contributed by atoms with Crippen LogP contribution in [-0.4, -0.2) is 40.5 Å². The summed E-state index contributed by atoms with van der Waals surface area (Å²) in [5.41, 5.74) is 1.89. The van der Waals surface area contributed by atoms with Crippen molar-refractivity contribution in [3.05, 3.63) is 78.1 Å². The maximum absolute atomic E-state index is 13.4. The second kappa shape index (κ2) is 9.16. The minimum Gasteiger partial charge on any atom is -0.361 e. The van der Waals surface area contributed by atoms with E-state index in [2.05, 4.69) is 10.5 Å². The predicted octanol–water partition coefficient (Wildman–Crippen LogP) is 3.62. The SMILES string of the molecule is CC(=O)N1CCCC1(Cc1cc(-c2ccccc2)no1)C(=O)NCCc1ccccc1. The third kappa shape index (κ3) is 4.53. The van der Waals surface area contributed by atoms with E-state index < -0.39 is 5.54 Å². The summed E-state index contributed by atoms with van der Waals surface area (Å²) in [6.45, 7) is 2.61. The summed E-state index contributed by atoms with van der Waals surface area (Å²) in [4.78, 5) is 27.5. The Morgan fingerprint density at radius 2 is 1.81 bits per heavy atom. The van der Waals surface area contributed by atoms with Crippen molar-refractivity contribution in [2.75, 3.05) is 13.1 Å². The number of likely N-dealkylation sites (tertiary alicyclic amines) is 1. The molecule has 0 radical (unpaired) electrons. The molecule has 2 amide bonds. The Hall–Kier alpha value is -3.41. The Morgan fingerprint density at radius 1 is 1.10 bits per heavy atom. The van der Waals surface area contributed by atoms with Crippen LogP contribution in [0.15, 0.2) is 71.3 Å². The van der Waals surface area contributed by atoms with Gasteiger partial charge in [0.15, 0.2) is 0 Å². The van der Waals surface area contributed by atoms with Crippen molar-refractivity contribution >= 4 is 11.8 Å². The molecule has 2 heterocycles. The summed E-state index contributed by atoms with van der Waals surface area (Å²) in [7, 11) is 0. The molecule has 2 aromatic carbocycles. The maximum atomic E-state index is 13.4. The number of nitrogens with zero attached hydrogens (tertiary/aromatic N) is 2. The number of benzene rings is 2. The molecule has 0 aliphatic carbocycles. The first-order chi connectivity index (χ1) is 15.1. The minimum atomic E-state index is -0.948. The molecule has 1 aromatic heterocycles. The van der Waals surface area contributed by atoms with Crippen molar-refractivity contribution in [1.29, 1.82) is 0 Å². The van der Waals surface area contributed by atoms with Gasteiger partial charge in [-0.25, -0.2) is 0 Å². The molecule has 0 spiro atoms. The number of carbonyl (C=O) groups excluding carboxylic acids is 2. The van der Waals surface area contributed by atoms with Gasteiger partial charge in [0.05, 0.1) is 0 Å². The molecule has 160 valence electrons. The van der Waals surface area contributed by atoms with Crippen LogP contribution in [0.2, 0.25) is 0 Å². The number of nitrogens with one attached hydrogen (secondary N) is 1. The number of hydrogen-bond acceptors (Lipinski definition) is 4. The van der Waals surface area contributed by atoms with Crippen LogP contribution in [0.3, 0.4) is 0 Å². The minimum absolute atomic E-state index is 0.0986. The molecule has 0 bridgehead atoms. The summed E-state index contributed by atoms with van der Waals surface area (Å²) in [6.07, 6.45) is 2.43. The Bertz CT molecular complexity index is 1030. The molecule has 1 N–H and O–H groups in total. The van der Waals surface area contributed by atoms with Crippen LogP contribution in [-0.2, 0) is 22.4 Å². The van der Waals surface area contributed by atoms with Gasteiger partial charge in [-0.2, -0.15) is 0 Å². The lowest BCUT2D eigenvalue weighted by Gasteiger charge is -2.36. The van der Waals surface area contributed by atoms with Gasteiger partial charge in [-0.1, -0.05) is 65.8 Å². The number of rotatable bonds is 7. The van der Waals surface area contributed by atoms with Crippen LogP contribution in [0.5, 0.6) is 0 Å². The maximum Gasteiger partial charge on any atom is 0.246 e. The summed E-state index contributed by atoms with van der Waals surface area (Å²) in [5, 5.41) is 7.24. The zero-order valence-electron chi connectivity index (χ0n) is 17.7. The molecular formula is C25H27N3O3. The van der Waals surface area contributed by atoms with Gasteiger partial charge in [0.25, 0.3) is 0 Å². The van der Waals surface area contributed by atoms with Crippen molar-refractivity contribution < 1.29 is 14.1 Å². The molecule has 1 aliphatic heterocycles. The standard InChI is InChI=1S/C25H27N3O3/c1-19(29)28-16-8-14-25(28,24(30)26-15-13-20-9-4-2-5-10-20)18-22-17-23(27-31-22)21-11-6-3-7-12-21/h2-7,9-12,17H,8,13-16,18H2,1H3,(H,26,30). The van der Waals surface area contributed by atoms with Gasteiger partial charge in [-0.05, 0) is 24.8 Å². The third-order valence-corrected chi connectivity index (χ3v) is 5.93. The predicted molar refractivity (Wildman–Crippen MR) is 118 cm³/mol. The molecule has 1 atom stereocenters. The van der Waals surface area contributed by atoms with Crippen LogP contribution >= 0.6 is 0 Å². The normalized spacial score (nSPS) is 18.2. The summed E-state index contributed by atoms with van der Waals surface area (Å²) < 4.78 is 5.59. The Morgan fingerprint density at radius 3 is 2.52 bits per heavy atom. The second-order valence-electron chi connectivity index (χ2n) is 8.02. The smallest absolute Gasteiger partial charge is 0.246 e. The van der Waals surface area contributed by atoms with E-state index in [1.54, 1.807) is 4.90 Å². The molecule has 4 rings (SSSR count). The molecule has 1 aliphatic rings. The summed E-state index contributed by atoms with van der Waals surface area (Å²) in [6, 6.07) is 21.7. The molecule has 3 aromatic rings. The molecule has 1 unspecified atom stereocenters. The van der Waals surface area contributed by atoms with Crippen LogP contribution in [0.1, 0.15) is 31.1 Å². The van der Waals surface area contributed by atoms with E-state index in [-0.39, 0.29) is 11.8 Å². The average Bonchev–Trinajstić information content (AvgIpc) is 3.43. The Labute approximate surface area is 182 Å². The average molecular weight is 418 g/mol. The van der Waals surface area contributed by atoms with Gasteiger partial charge >= 0.3 is 0 Å². The fraction of sp³-hybridized carbons (Fsp3) is 0.320. The van der Waals surface area contributed by atoms with Gasteiger partial charge in [0.1, 0.15) is 17.0 Å². The molecule has 6 nitrogen and oxygen atoms in total. The van der Waals surface area contributed by atoms with Gasteiger partial charge in [-0.3, -0.25) is 9.59 Å². The fourth-order valence-corrected chi connectivity index (χ4v) is 4.40. The highest BCUT2D eigenvalue weighted by Crippen LogP contribution is 2.34. The first-order valence-corrected chi connectivity index (χ1v) is 10.7. The second-order valence-corrected chi connectivity index (χ2v) is 8.02. The van der Waals surface area contributed by atoms with E-state index in [1.807, 2.05) is 66.7 Å². The first-order valence-electron chi connectivity index (χ1n) is 10.7. The van der Waals surface area contributed by atoms with Gasteiger partial charge in [-0.15, -0.1) is 0 Å². The van der Waals surface area contributed by atoms with E-state index in [0.29, 0.717) is 31.7 Å². The highest BCUT2D eigenvalue weighted by atomic mass is 16.5. The van der Waals surface area contributed by atoms with Gasteiger partial charge < -0.3 is 14.7 Å². The van der Waals surface area contributed by atoms with E-state index in [0.717, 1.165) is 29.7 Å². The van der Waals surface area contributed by atoms with Crippen LogP contribution in [0, 0.1) is 0 Å². The van der Waals surface area contributed by atoms with Crippen molar-refractivity contribution in [3.63, 3.8) is 0 Å². The molecule has 1 saturated heterocycles. The Balaban J connectivity index is 1.52. The summed E-state index contributed by atoms with van der Waals surface area (Å²) >= 11 is 0. The molecular weight excluding hydrogens is 390 g/mol. The fourth-order valence-electron chi connectivity index (χ4n) is 4.40. The number of carbonyl (C=O) groups is 2. The molecule has 0 saturated carbocycles. The van der Waals surface area contributed by atoms with Crippen molar-refractivity contribution in [1.82, 2.24) is 15.4 Å². The van der Waals surface area contributed by atoms with E-state index >= 15 is 0 Å². The number of amides is 2. The molecule has 31 heavy (non-hydrogen) atoms. The lowest BCUT2D eigenvalue weighted by Crippen LogP contribution is -2.58. The van der Waals surface area contributed by atoms with Crippen LogP contribution in [0.4, 0.5) is 0 Å². The van der Waals surface area contributed by atoms with Crippen LogP contribution in [0.25, 0.3) is 11.3 Å². The highest BCUT2D eigenvalue weighted by molar-refractivity contribution is 5.91.